The quantitative estimate of drug-likeness (QED) is 0.850. The molecule has 19 heavy (non-hydrogen) atoms. The van der Waals surface area contributed by atoms with Crippen molar-refractivity contribution in [1.29, 1.82) is 0 Å². The lowest BCUT2D eigenvalue weighted by molar-refractivity contribution is 0.0950. The highest BCUT2D eigenvalue weighted by molar-refractivity contribution is 5.94. The second kappa shape index (κ2) is 5.90. The van der Waals surface area contributed by atoms with Gasteiger partial charge in [-0.3, -0.25) is 4.79 Å². The molecule has 0 aromatic carbocycles. The third kappa shape index (κ3) is 3.48. The summed E-state index contributed by atoms with van der Waals surface area (Å²) in [5, 5.41) is 10.4. The van der Waals surface area contributed by atoms with E-state index in [1.165, 1.54) is 0 Å². The Morgan fingerprint density at radius 3 is 2.89 bits per heavy atom. The fourth-order valence-electron chi connectivity index (χ4n) is 1.62. The van der Waals surface area contributed by atoms with Gasteiger partial charge >= 0.3 is 0 Å². The Morgan fingerprint density at radius 2 is 2.21 bits per heavy atom. The first kappa shape index (κ1) is 12.9. The fourth-order valence-corrected chi connectivity index (χ4v) is 1.62. The topological polar surface area (TPSA) is 93.8 Å². The monoisotopic (exact) mass is 257 g/mol. The zero-order chi connectivity index (χ0) is 13.7. The molecule has 0 atom stereocenters. The number of hydrogen-bond acceptors (Lipinski definition) is 5. The molecule has 0 fully saturated rings. The summed E-state index contributed by atoms with van der Waals surface area (Å²) < 4.78 is 0. The number of nitrogens with zero attached hydrogens (tertiary/aromatic N) is 3. The molecule has 0 aliphatic carbocycles. The molecular weight excluding hydrogens is 242 g/mol. The van der Waals surface area contributed by atoms with Gasteiger partial charge in [-0.25, -0.2) is 4.98 Å². The van der Waals surface area contributed by atoms with Crippen LogP contribution in [0.5, 0.6) is 0 Å². The molecule has 2 rings (SSSR count). The molecule has 0 unspecified atom stereocenters. The Balaban J connectivity index is 2.06. The molecule has 6 nitrogen and oxygen atoms in total. The fraction of sp³-hybridized carbons (Fsp3) is 0.231. The van der Waals surface area contributed by atoms with Gasteiger partial charge in [0.1, 0.15) is 5.82 Å². The van der Waals surface area contributed by atoms with E-state index in [1.54, 1.807) is 30.5 Å². The summed E-state index contributed by atoms with van der Waals surface area (Å²) in [6.45, 7) is 2.29. The second-order valence-electron chi connectivity index (χ2n) is 4.02. The number of nitrogens with two attached hydrogens (primary N) is 1. The van der Waals surface area contributed by atoms with Crippen molar-refractivity contribution in [2.75, 3.05) is 5.73 Å². The van der Waals surface area contributed by atoms with Gasteiger partial charge in [-0.2, -0.15) is 10.2 Å². The van der Waals surface area contributed by atoms with Crippen molar-refractivity contribution < 1.29 is 4.79 Å². The minimum Gasteiger partial charge on any atom is -0.384 e. The molecule has 0 aliphatic heterocycles. The number of aryl methyl sites for hydroxylation is 1. The smallest absolute Gasteiger partial charge is 0.251 e. The summed E-state index contributed by atoms with van der Waals surface area (Å²) in [6, 6.07) is 6.87. The van der Waals surface area contributed by atoms with Gasteiger partial charge in [0.05, 0.1) is 12.2 Å². The Hall–Kier alpha value is -2.50. The van der Waals surface area contributed by atoms with E-state index in [0.717, 1.165) is 12.1 Å². The number of carbonyl (C=O) groups excluding carboxylic acids is 1. The molecule has 1 amide bonds. The summed E-state index contributed by atoms with van der Waals surface area (Å²) in [4.78, 5) is 16.1. The van der Waals surface area contributed by atoms with Crippen molar-refractivity contribution >= 4 is 11.7 Å². The highest BCUT2D eigenvalue weighted by Gasteiger charge is 2.08. The van der Waals surface area contributed by atoms with E-state index in [4.69, 9.17) is 5.73 Å². The molecule has 2 aromatic rings. The summed E-state index contributed by atoms with van der Waals surface area (Å²) in [6.07, 6.45) is 2.32. The average molecular weight is 257 g/mol. The first-order valence-electron chi connectivity index (χ1n) is 6.00. The molecule has 0 radical (unpaired) electrons. The number of amides is 1. The van der Waals surface area contributed by atoms with Crippen LogP contribution in [0.3, 0.4) is 0 Å². The highest BCUT2D eigenvalue weighted by atomic mass is 16.1. The first-order valence-corrected chi connectivity index (χ1v) is 6.00. The van der Waals surface area contributed by atoms with E-state index < -0.39 is 0 Å². The van der Waals surface area contributed by atoms with Gasteiger partial charge in [0, 0.05) is 17.5 Å². The molecule has 3 N–H and O–H groups in total. The van der Waals surface area contributed by atoms with Crippen LogP contribution in [0.25, 0.3) is 0 Å². The van der Waals surface area contributed by atoms with Gasteiger partial charge in [0.2, 0.25) is 0 Å². The lowest BCUT2D eigenvalue weighted by atomic mass is 10.2. The summed E-state index contributed by atoms with van der Waals surface area (Å²) in [7, 11) is 0. The molecule has 6 heteroatoms. The third-order valence-electron chi connectivity index (χ3n) is 2.58. The van der Waals surface area contributed by atoms with E-state index in [0.29, 0.717) is 23.6 Å². The van der Waals surface area contributed by atoms with Crippen molar-refractivity contribution in [2.24, 2.45) is 0 Å². The van der Waals surface area contributed by atoms with Crippen molar-refractivity contribution in [2.45, 2.75) is 19.9 Å². The molecule has 2 aromatic heterocycles. The first-order chi connectivity index (χ1) is 9.19. The molecular formula is C13H15N5O. The van der Waals surface area contributed by atoms with Crippen LogP contribution in [0.1, 0.15) is 28.7 Å². The Morgan fingerprint density at radius 1 is 1.37 bits per heavy atom. The van der Waals surface area contributed by atoms with E-state index in [1.807, 2.05) is 6.92 Å². The van der Waals surface area contributed by atoms with Gasteiger partial charge in [-0.1, -0.05) is 6.92 Å². The summed E-state index contributed by atoms with van der Waals surface area (Å²) in [5.41, 5.74) is 7.67. The SMILES string of the molecule is CCc1cc(C(=O)NCc2cccnn2)cc(N)n1. The van der Waals surface area contributed by atoms with E-state index in [2.05, 4.69) is 20.5 Å². The van der Waals surface area contributed by atoms with Crippen molar-refractivity contribution in [3.05, 3.63) is 47.4 Å². The van der Waals surface area contributed by atoms with Gasteiger partial charge < -0.3 is 11.1 Å². The summed E-state index contributed by atoms with van der Waals surface area (Å²) >= 11 is 0. The number of carbonyl (C=O) groups is 1. The number of aromatic nitrogens is 3. The van der Waals surface area contributed by atoms with E-state index in [9.17, 15) is 4.79 Å². The zero-order valence-corrected chi connectivity index (χ0v) is 10.6. The number of hydrogen-bond donors (Lipinski definition) is 2. The van der Waals surface area contributed by atoms with Crippen LogP contribution in [0.15, 0.2) is 30.5 Å². The molecule has 0 bridgehead atoms. The van der Waals surface area contributed by atoms with Gasteiger partial charge in [0.15, 0.2) is 0 Å². The lowest BCUT2D eigenvalue weighted by Gasteiger charge is -2.06. The zero-order valence-electron chi connectivity index (χ0n) is 10.6. The molecule has 0 saturated carbocycles. The largest absolute Gasteiger partial charge is 0.384 e. The number of anilines is 1. The Bertz CT molecular complexity index is 571. The van der Waals surface area contributed by atoms with Crippen LogP contribution in [-0.4, -0.2) is 21.1 Å². The van der Waals surface area contributed by atoms with Gasteiger partial charge in [0.25, 0.3) is 5.91 Å². The molecule has 0 saturated heterocycles. The normalized spacial score (nSPS) is 10.2. The Kier molecular flexibility index (Phi) is 4.02. The maximum atomic E-state index is 12.0. The highest BCUT2D eigenvalue weighted by Crippen LogP contribution is 2.08. The summed E-state index contributed by atoms with van der Waals surface area (Å²) in [5.74, 6) is 0.151. The van der Waals surface area contributed by atoms with E-state index >= 15 is 0 Å². The molecule has 0 aliphatic rings. The maximum absolute atomic E-state index is 12.0. The minimum absolute atomic E-state index is 0.200. The minimum atomic E-state index is -0.200. The standard InChI is InChI=1S/C13H15N5O/c1-2-10-6-9(7-12(14)17-10)13(19)15-8-11-4-3-5-16-18-11/h3-7H,2,8H2,1H3,(H2,14,17)(H,15,19). The van der Waals surface area contributed by atoms with E-state index in [-0.39, 0.29) is 5.91 Å². The number of nitrogens with one attached hydrogen (secondary N) is 1. The predicted molar refractivity (Wildman–Crippen MR) is 71.2 cm³/mol. The van der Waals surface area contributed by atoms with Crippen LogP contribution in [0.2, 0.25) is 0 Å². The van der Waals surface area contributed by atoms with Crippen LogP contribution >= 0.6 is 0 Å². The van der Waals surface area contributed by atoms with Crippen molar-refractivity contribution in [3.8, 4) is 0 Å². The van der Waals surface area contributed by atoms with Crippen LogP contribution in [0.4, 0.5) is 5.82 Å². The number of rotatable bonds is 4. The van der Waals surface area contributed by atoms with Gasteiger partial charge in [-0.15, -0.1) is 0 Å². The second-order valence-corrected chi connectivity index (χ2v) is 4.02. The third-order valence-corrected chi connectivity index (χ3v) is 2.58. The lowest BCUT2D eigenvalue weighted by Crippen LogP contribution is -2.24. The molecule has 2 heterocycles. The van der Waals surface area contributed by atoms with Crippen molar-refractivity contribution in [3.63, 3.8) is 0 Å². The van der Waals surface area contributed by atoms with Crippen LogP contribution in [-0.2, 0) is 13.0 Å². The van der Waals surface area contributed by atoms with Crippen molar-refractivity contribution in [1.82, 2.24) is 20.5 Å². The molecule has 98 valence electrons. The Labute approximate surface area is 111 Å². The maximum Gasteiger partial charge on any atom is 0.251 e. The number of nitrogen functional groups attached to an aromatic ring is 1. The predicted octanol–water partition coefficient (Wildman–Crippen LogP) is 0.946. The van der Waals surface area contributed by atoms with Crippen LogP contribution in [0, 0.1) is 0 Å². The van der Waals surface area contributed by atoms with Gasteiger partial charge in [-0.05, 0) is 30.7 Å². The number of pyridine rings is 1. The average Bonchev–Trinajstić information content (AvgIpc) is 2.45. The molecule has 0 spiro atoms. The van der Waals surface area contributed by atoms with Crippen LogP contribution < -0.4 is 11.1 Å².